The zero-order chi connectivity index (χ0) is 11.7. The summed E-state index contributed by atoms with van der Waals surface area (Å²) < 4.78 is 26.9. The van der Waals surface area contributed by atoms with Gasteiger partial charge in [-0.2, -0.15) is 0 Å². The van der Waals surface area contributed by atoms with Crippen LogP contribution >= 0.6 is 0 Å². The average Bonchev–Trinajstić information content (AvgIpc) is 2.08. The SMILES string of the molecule is CC(CS(C)(=O)=O)NCCCOCCO. The van der Waals surface area contributed by atoms with Crippen molar-refractivity contribution in [1.82, 2.24) is 5.32 Å². The van der Waals surface area contributed by atoms with Crippen LogP contribution in [0.3, 0.4) is 0 Å². The van der Waals surface area contributed by atoms with Gasteiger partial charge < -0.3 is 15.2 Å². The Morgan fingerprint density at radius 3 is 2.60 bits per heavy atom. The predicted molar refractivity (Wildman–Crippen MR) is 59.7 cm³/mol. The molecule has 15 heavy (non-hydrogen) atoms. The maximum Gasteiger partial charge on any atom is 0.148 e. The molecule has 0 saturated carbocycles. The summed E-state index contributed by atoms with van der Waals surface area (Å²) in [6.07, 6.45) is 2.05. The Morgan fingerprint density at radius 2 is 2.07 bits per heavy atom. The van der Waals surface area contributed by atoms with E-state index in [2.05, 4.69) is 5.32 Å². The monoisotopic (exact) mass is 239 g/mol. The molecule has 0 rings (SSSR count). The van der Waals surface area contributed by atoms with E-state index in [9.17, 15) is 8.42 Å². The number of aliphatic hydroxyl groups is 1. The molecule has 2 N–H and O–H groups in total. The first-order valence-electron chi connectivity index (χ1n) is 5.05. The Kier molecular flexibility index (Phi) is 7.95. The first kappa shape index (κ1) is 14.8. The van der Waals surface area contributed by atoms with Crippen LogP contribution in [0.1, 0.15) is 13.3 Å². The Balaban J connectivity index is 3.36. The third kappa shape index (κ3) is 11.8. The van der Waals surface area contributed by atoms with E-state index in [0.29, 0.717) is 13.2 Å². The minimum absolute atomic E-state index is 0.0298. The van der Waals surface area contributed by atoms with Crippen molar-refractivity contribution < 1.29 is 18.3 Å². The molecule has 0 aromatic heterocycles. The second-order valence-electron chi connectivity index (χ2n) is 3.64. The Bertz CT molecular complexity index is 240. The number of nitrogens with one attached hydrogen (secondary N) is 1. The van der Waals surface area contributed by atoms with E-state index in [-0.39, 0.29) is 18.4 Å². The second-order valence-corrected chi connectivity index (χ2v) is 5.82. The normalized spacial score (nSPS) is 14.1. The molecule has 5 nitrogen and oxygen atoms in total. The highest BCUT2D eigenvalue weighted by Gasteiger charge is 2.08. The van der Waals surface area contributed by atoms with Gasteiger partial charge in [0.05, 0.1) is 19.0 Å². The molecule has 92 valence electrons. The van der Waals surface area contributed by atoms with Gasteiger partial charge in [-0.05, 0) is 19.9 Å². The van der Waals surface area contributed by atoms with Crippen LogP contribution < -0.4 is 5.32 Å². The van der Waals surface area contributed by atoms with Crippen LogP contribution in [0.15, 0.2) is 0 Å². The van der Waals surface area contributed by atoms with Crippen molar-refractivity contribution in [3.8, 4) is 0 Å². The molecule has 0 aromatic carbocycles. The van der Waals surface area contributed by atoms with Gasteiger partial charge in [0.25, 0.3) is 0 Å². The summed E-state index contributed by atoms with van der Waals surface area (Å²) in [7, 11) is -2.90. The average molecular weight is 239 g/mol. The lowest BCUT2D eigenvalue weighted by atomic mass is 10.3. The molecule has 1 atom stereocenters. The molecule has 0 saturated heterocycles. The van der Waals surface area contributed by atoms with Crippen molar-refractivity contribution in [3.63, 3.8) is 0 Å². The highest BCUT2D eigenvalue weighted by Crippen LogP contribution is 1.90. The first-order chi connectivity index (χ1) is 6.95. The van der Waals surface area contributed by atoms with Crippen LogP contribution in [0.4, 0.5) is 0 Å². The van der Waals surface area contributed by atoms with Crippen molar-refractivity contribution in [3.05, 3.63) is 0 Å². The fourth-order valence-electron chi connectivity index (χ4n) is 1.20. The molecule has 0 radical (unpaired) electrons. The van der Waals surface area contributed by atoms with Crippen LogP contribution in [0.25, 0.3) is 0 Å². The number of ether oxygens (including phenoxy) is 1. The van der Waals surface area contributed by atoms with E-state index in [1.165, 1.54) is 6.26 Å². The van der Waals surface area contributed by atoms with E-state index in [1.54, 1.807) is 0 Å². The van der Waals surface area contributed by atoms with Gasteiger partial charge in [-0.25, -0.2) is 8.42 Å². The van der Waals surface area contributed by atoms with E-state index in [0.717, 1.165) is 13.0 Å². The van der Waals surface area contributed by atoms with E-state index in [4.69, 9.17) is 9.84 Å². The number of aliphatic hydroxyl groups excluding tert-OH is 1. The molecule has 0 fully saturated rings. The number of sulfone groups is 1. The van der Waals surface area contributed by atoms with Crippen molar-refractivity contribution in [1.29, 1.82) is 0 Å². The quantitative estimate of drug-likeness (QED) is 0.526. The first-order valence-corrected chi connectivity index (χ1v) is 7.11. The molecule has 0 aromatic rings. The summed E-state index contributed by atoms with van der Waals surface area (Å²) in [5.74, 6) is 0.157. The van der Waals surface area contributed by atoms with Crippen LogP contribution in [-0.2, 0) is 14.6 Å². The van der Waals surface area contributed by atoms with Gasteiger partial charge in [0.15, 0.2) is 0 Å². The summed E-state index contributed by atoms with van der Waals surface area (Å²) in [5.41, 5.74) is 0. The lowest BCUT2D eigenvalue weighted by Crippen LogP contribution is -2.33. The predicted octanol–water partition coefficient (Wildman–Crippen LogP) is -0.592. The number of rotatable bonds is 9. The van der Waals surface area contributed by atoms with Gasteiger partial charge in [0.2, 0.25) is 0 Å². The maximum absolute atomic E-state index is 10.9. The fraction of sp³-hybridized carbons (Fsp3) is 1.00. The van der Waals surface area contributed by atoms with Crippen LogP contribution in [0.5, 0.6) is 0 Å². The number of hydrogen-bond donors (Lipinski definition) is 2. The Morgan fingerprint density at radius 1 is 1.40 bits per heavy atom. The smallest absolute Gasteiger partial charge is 0.148 e. The molecule has 6 heteroatoms. The van der Waals surface area contributed by atoms with Crippen molar-refractivity contribution in [2.24, 2.45) is 0 Å². The summed E-state index contributed by atoms with van der Waals surface area (Å²) in [6.45, 7) is 3.55. The van der Waals surface area contributed by atoms with Crippen molar-refractivity contribution in [2.45, 2.75) is 19.4 Å². The lowest BCUT2D eigenvalue weighted by Gasteiger charge is -2.12. The molecular formula is C9H21NO4S. The third-order valence-corrected chi connectivity index (χ3v) is 2.85. The Hall–Kier alpha value is -0.170. The van der Waals surface area contributed by atoms with Gasteiger partial charge in [-0.15, -0.1) is 0 Å². The van der Waals surface area contributed by atoms with Crippen LogP contribution in [-0.4, -0.2) is 57.9 Å². The zero-order valence-electron chi connectivity index (χ0n) is 9.40. The standard InChI is InChI=1S/C9H21NO4S/c1-9(8-15(2,12)13)10-4-3-6-14-7-5-11/h9-11H,3-8H2,1-2H3. The van der Waals surface area contributed by atoms with Gasteiger partial charge in [-0.1, -0.05) is 0 Å². The minimum atomic E-state index is -2.90. The van der Waals surface area contributed by atoms with E-state index < -0.39 is 9.84 Å². The molecule has 0 aliphatic carbocycles. The summed E-state index contributed by atoms with van der Waals surface area (Å²) in [5, 5.41) is 11.5. The van der Waals surface area contributed by atoms with Crippen molar-refractivity contribution in [2.75, 3.05) is 38.4 Å². The summed E-state index contributed by atoms with van der Waals surface area (Å²) >= 11 is 0. The largest absolute Gasteiger partial charge is 0.394 e. The molecule has 0 bridgehead atoms. The van der Waals surface area contributed by atoms with Gasteiger partial charge >= 0.3 is 0 Å². The molecule has 0 aliphatic heterocycles. The lowest BCUT2D eigenvalue weighted by molar-refractivity contribution is 0.0905. The third-order valence-electron chi connectivity index (χ3n) is 1.75. The molecule has 1 unspecified atom stereocenters. The van der Waals surface area contributed by atoms with Gasteiger partial charge in [-0.3, -0.25) is 0 Å². The van der Waals surface area contributed by atoms with Gasteiger partial charge in [0.1, 0.15) is 9.84 Å². The van der Waals surface area contributed by atoms with Crippen LogP contribution in [0, 0.1) is 0 Å². The van der Waals surface area contributed by atoms with Crippen molar-refractivity contribution >= 4 is 9.84 Å². The fourth-order valence-corrected chi connectivity index (χ4v) is 2.23. The maximum atomic E-state index is 10.9. The molecule has 0 spiro atoms. The zero-order valence-corrected chi connectivity index (χ0v) is 10.2. The molecular weight excluding hydrogens is 218 g/mol. The topological polar surface area (TPSA) is 75.6 Å². The molecule has 0 amide bonds. The van der Waals surface area contributed by atoms with Crippen LogP contribution in [0.2, 0.25) is 0 Å². The molecule has 0 aliphatic rings. The molecule has 0 heterocycles. The highest BCUT2D eigenvalue weighted by atomic mass is 32.2. The summed E-state index contributed by atoms with van der Waals surface area (Å²) in [4.78, 5) is 0. The minimum Gasteiger partial charge on any atom is -0.394 e. The summed E-state index contributed by atoms with van der Waals surface area (Å²) in [6, 6.07) is -0.0298. The second kappa shape index (κ2) is 8.04. The van der Waals surface area contributed by atoms with E-state index >= 15 is 0 Å². The van der Waals surface area contributed by atoms with Gasteiger partial charge in [0, 0.05) is 18.9 Å². The van der Waals surface area contributed by atoms with E-state index in [1.807, 2.05) is 6.92 Å². The highest BCUT2D eigenvalue weighted by molar-refractivity contribution is 7.90. The Labute approximate surface area is 91.7 Å². The number of hydrogen-bond acceptors (Lipinski definition) is 5.